The number of carbonyl (C=O) groups excluding carboxylic acids is 1. The third-order valence-electron chi connectivity index (χ3n) is 6.59. The Hall–Kier alpha value is -3.17. The maximum atomic E-state index is 13.2. The summed E-state index contributed by atoms with van der Waals surface area (Å²) in [5.41, 5.74) is 7.75. The number of nitrogens with one attached hydrogen (secondary N) is 1. The molecule has 0 bridgehead atoms. The number of hydrogen-bond donors (Lipinski definition) is 2. The maximum Gasteiger partial charge on any atom is 0.391 e. The van der Waals surface area contributed by atoms with Gasteiger partial charge in [0.05, 0.1) is 39.9 Å². The van der Waals surface area contributed by atoms with Gasteiger partial charge in [0.2, 0.25) is 0 Å². The average molecular weight is 476 g/mol. The Balaban J connectivity index is 1.87. The van der Waals surface area contributed by atoms with E-state index >= 15 is 0 Å². The number of aromatic nitrogens is 4. The molecule has 0 unspecified atom stereocenters. The van der Waals surface area contributed by atoms with E-state index in [-0.39, 0.29) is 35.4 Å². The van der Waals surface area contributed by atoms with Crippen molar-refractivity contribution in [2.24, 2.45) is 11.7 Å². The van der Waals surface area contributed by atoms with Crippen LogP contribution in [0.5, 0.6) is 0 Å². The number of carbonyl (C=O) groups is 1. The molecule has 0 saturated heterocycles. The van der Waals surface area contributed by atoms with E-state index in [1.54, 1.807) is 10.7 Å². The van der Waals surface area contributed by atoms with Crippen molar-refractivity contribution in [2.45, 2.75) is 71.0 Å². The quantitative estimate of drug-likeness (QED) is 0.568. The highest BCUT2D eigenvalue weighted by Crippen LogP contribution is 2.43. The molecule has 3 aromatic heterocycles. The number of H-pyrrole nitrogens is 1. The molecular formula is C24H28F3N5O2. The number of alkyl halides is 3. The molecule has 0 aromatic carbocycles. The number of nitrogens with two attached hydrogens (primary N) is 1. The van der Waals surface area contributed by atoms with E-state index in [1.165, 1.54) is 12.3 Å². The molecule has 4 rings (SSSR count). The highest BCUT2D eigenvalue weighted by molar-refractivity contribution is 6.03. The average Bonchev–Trinajstić information content (AvgIpc) is 3.10. The van der Waals surface area contributed by atoms with E-state index in [1.807, 2.05) is 27.7 Å². The largest absolute Gasteiger partial charge is 0.391 e. The monoisotopic (exact) mass is 475 g/mol. The summed E-state index contributed by atoms with van der Waals surface area (Å²) in [7, 11) is 0. The fourth-order valence-electron chi connectivity index (χ4n) is 4.98. The molecule has 182 valence electrons. The van der Waals surface area contributed by atoms with E-state index in [9.17, 15) is 22.8 Å². The van der Waals surface area contributed by atoms with Gasteiger partial charge in [0.15, 0.2) is 5.43 Å². The van der Waals surface area contributed by atoms with Crippen molar-refractivity contribution in [3.8, 4) is 11.4 Å². The number of hydrogen-bond acceptors (Lipinski definition) is 4. The molecule has 3 aromatic rings. The predicted molar refractivity (Wildman–Crippen MR) is 123 cm³/mol. The molecule has 0 spiro atoms. The molecule has 3 heterocycles. The first-order valence-electron chi connectivity index (χ1n) is 11.3. The summed E-state index contributed by atoms with van der Waals surface area (Å²) in [5.74, 6) is -2.10. The van der Waals surface area contributed by atoms with E-state index in [4.69, 9.17) is 10.8 Å². The van der Waals surface area contributed by atoms with Gasteiger partial charge in [0, 0.05) is 23.2 Å². The fourth-order valence-corrected chi connectivity index (χ4v) is 4.98. The molecule has 1 saturated carbocycles. The van der Waals surface area contributed by atoms with Crippen LogP contribution in [0.2, 0.25) is 0 Å². The Morgan fingerprint density at radius 3 is 2.38 bits per heavy atom. The van der Waals surface area contributed by atoms with Gasteiger partial charge in [-0.3, -0.25) is 19.3 Å². The van der Waals surface area contributed by atoms with Gasteiger partial charge in [-0.25, -0.2) is 0 Å². The van der Waals surface area contributed by atoms with Crippen molar-refractivity contribution < 1.29 is 18.0 Å². The van der Waals surface area contributed by atoms with Crippen molar-refractivity contribution in [3.05, 3.63) is 45.5 Å². The predicted octanol–water partition coefficient (Wildman–Crippen LogP) is 4.79. The third-order valence-corrected chi connectivity index (χ3v) is 6.59. The van der Waals surface area contributed by atoms with Gasteiger partial charge in [-0.15, -0.1) is 0 Å². The summed E-state index contributed by atoms with van der Waals surface area (Å²) in [6.07, 6.45) is -2.03. The molecule has 10 heteroatoms. The molecule has 1 fully saturated rings. The first-order valence-corrected chi connectivity index (χ1v) is 11.3. The van der Waals surface area contributed by atoms with E-state index < -0.39 is 23.4 Å². The van der Waals surface area contributed by atoms with Gasteiger partial charge >= 0.3 is 6.18 Å². The van der Waals surface area contributed by atoms with Crippen LogP contribution in [0.25, 0.3) is 22.3 Å². The lowest BCUT2D eigenvalue weighted by Gasteiger charge is -2.31. The first-order chi connectivity index (χ1) is 15.8. The Bertz CT molecular complexity index is 1310. The Kier molecular flexibility index (Phi) is 5.81. The highest BCUT2D eigenvalue weighted by Gasteiger charge is 2.42. The maximum absolute atomic E-state index is 13.2. The first kappa shape index (κ1) is 24.0. The molecule has 1 aliphatic carbocycles. The lowest BCUT2D eigenvalue weighted by Crippen LogP contribution is -2.29. The smallest absolute Gasteiger partial charge is 0.364 e. The topological polar surface area (TPSA) is 107 Å². The number of nitrogens with zero attached hydrogens (tertiary/aromatic N) is 3. The van der Waals surface area contributed by atoms with Gasteiger partial charge in [-0.2, -0.15) is 18.3 Å². The van der Waals surface area contributed by atoms with E-state index in [2.05, 4.69) is 9.97 Å². The number of halogens is 3. The van der Waals surface area contributed by atoms with Crippen molar-refractivity contribution in [1.82, 2.24) is 19.7 Å². The molecular weight excluding hydrogens is 447 g/mol. The second-order valence-electron chi connectivity index (χ2n) is 10.1. The van der Waals surface area contributed by atoms with Crippen molar-refractivity contribution in [2.75, 3.05) is 0 Å². The molecule has 0 atom stereocenters. The second-order valence-corrected chi connectivity index (χ2v) is 10.1. The van der Waals surface area contributed by atoms with Gasteiger partial charge in [0.1, 0.15) is 5.69 Å². The van der Waals surface area contributed by atoms with Crippen LogP contribution in [0.15, 0.2) is 23.1 Å². The van der Waals surface area contributed by atoms with Gasteiger partial charge in [0.25, 0.3) is 5.91 Å². The van der Waals surface area contributed by atoms with Crippen molar-refractivity contribution in [1.29, 1.82) is 0 Å². The fraction of sp³-hybridized carbons (Fsp3) is 0.500. The molecule has 7 nitrogen and oxygen atoms in total. The van der Waals surface area contributed by atoms with Crippen molar-refractivity contribution in [3.63, 3.8) is 0 Å². The van der Waals surface area contributed by atoms with Crippen LogP contribution in [0, 0.1) is 12.8 Å². The summed E-state index contributed by atoms with van der Waals surface area (Å²) >= 11 is 0. The minimum atomic E-state index is -4.19. The summed E-state index contributed by atoms with van der Waals surface area (Å²) in [6, 6.07) is 2.74. The Morgan fingerprint density at radius 2 is 1.82 bits per heavy atom. The van der Waals surface area contributed by atoms with Crippen LogP contribution < -0.4 is 11.2 Å². The normalized spacial score (nSPS) is 19.5. The summed E-state index contributed by atoms with van der Waals surface area (Å²) < 4.78 is 41.5. The zero-order valence-electron chi connectivity index (χ0n) is 19.6. The van der Waals surface area contributed by atoms with Crippen LogP contribution in [-0.2, 0) is 5.41 Å². The van der Waals surface area contributed by atoms with Crippen LogP contribution in [-0.4, -0.2) is 31.8 Å². The lowest BCUT2D eigenvalue weighted by atomic mass is 9.85. The van der Waals surface area contributed by atoms with Crippen LogP contribution >= 0.6 is 0 Å². The Morgan fingerprint density at radius 1 is 1.18 bits per heavy atom. The molecule has 3 N–H and O–H groups in total. The van der Waals surface area contributed by atoms with E-state index in [0.717, 1.165) is 11.3 Å². The SMILES string of the molecule is Cc1c(C(C)(C)C)nn(C2CCC(C(F)(F)F)CC2)c1-c1cc(=O)c2c(C(N)=O)nccc2[nH]1. The van der Waals surface area contributed by atoms with Crippen LogP contribution in [0.4, 0.5) is 13.2 Å². The summed E-state index contributed by atoms with van der Waals surface area (Å²) in [5, 5.41) is 4.95. The lowest BCUT2D eigenvalue weighted by molar-refractivity contribution is -0.183. The molecule has 0 radical (unpaired) electrons. The minimum Gasteiger partial charge on any atom is -0.364 e. The van der Waals surface area contributed by atoms with Crippen LogP contribution in [0.3, 0.4) is 0 Å². The zero-order chi connectivity index (χ0) is 25.0. The number of rotatable bonds is 3. The summed E-state index contributed by atoms with van der Waals surface area (Å²) in [4.78, 5) is 31.9. The number of pyridine rings is 2. The van der Waals surface area contributed by atoms with Gasteiger partial charge in [-0.1, -0.05) is 20.8 Å². The summed E-state index contributed by atoms with van der Waals surface area (Å²) in [6.45, 7) is 7.96. The molecule has 0 aliphatic heterocycles. The van der Waals surface area contributed by atoms with Crippen LogP contribution in [0.1, 0.15) is 74.2 Å². The van der Waals surface area contributed by atoms with Crippen molar-refractivity contribution >= 4 is 16.8 Å². The van der Waals surface area contributed by atoms with Gasteiger partial charge in [-0.05, 0) is 38.7 Å². The number of primary amides is 1. The Labute approximate surface area is 194 Å². The number of aromatic amines is 1. The highest BCUT2D eigenvalue weighted by atomic mass is 19.4. The standard InChI is InChI=1S/C24H28F3N5O2/c1-12-20(16-11-17(33)18-15(30-16)9-10-29-19(18)22(28)34)32(31-21(12)23(2,3)4)14-7-5-13(6-8-14)24(25,26)27/h9-11,13-14H,5-8H2,1-4H3,(H2,28,34)(H,30,33). The zero-order valence-corrected chi connectivity index (χ0v) is 19.6. The van der Waals surface area contributed by atoms with E-state index in [0.29, 0.717) is 29.7 Å². The molecule has 1 aliphatic rings. The molecule has 34 heavy (non-hydrogen) atoms. The number of amides is 1. The van der Waals surface area contributed by atoms with Gasteiger partial charge < -0.3 is 10.7 Å². The minimum absolute atomic E-state index is 0.0409. The number of fused-ring (bicyclic) bond motifs is 1. The second kappa shape index (κ2) is 8.25. The molecule has 1 amide bonds. The third kappa shape index (κ3) is 4.21.